The molecule has 2 rings (SSSR count). The number of hydrogen-bond acceptors (Lipinski definition) is 3. The first-order valence-electron chi connectivity index (χ1n) is 4.20. The molecule has 15 heavy (non-hydrogen) atoms. The van der Waals surface area contributed by atoms with Gasteiger partial charge in [0.2, 0.25) is 0 Å². The molecule has 1 aromatic heterocycles. The van der Waals surface area contributed by atoms with Gasteiger partial charge >= 0.3 is 0 Å². The van der Waals surface area contributed by atoms with Crippen molar-refractivity contribution in [1.82, 2.24) is 4.98 Å². The predicted molar refractivity (Wildman–Crippen MR) is 60.5 cm³/mol. The number of hydrogen-bond donors (Lipinski definition) is 0. The van der Waals surface area contributed by atoms with Crippen molar-refractivity contribution in [2.75, 3.05) is 0 Å². The summed E-state index contributed by atoms with van der Waals surface area (Å²) in [6, 6.07) is 4.55. The molecule has 0 aliphatic carbocycles. The summed E-state index contributed by atoms with van der Waals surface area (Å²) in [4.78, 5) is 4.08. The fourth-order valence-electron chi connectivity index (χ4n) is 1.03. The van der Waals surface area contributed by atoms with Crippen molar-refractivity contribution >= 4 is 27.3 Å². The van der Waals surface area contributed by atoms with Gasteiger partial charge in [0.15, 0.2) is 0 Å². The number of thiazole rings is 1. The quantitative estimate of drug-likeness (QED) is 0.860. The SMILES string of the molecule is Fc1ccc(OCc2cscn2)cc1Br. The van der Waals surface area contributed by atoms with E-state index in [1.165, 1.54) is 17.4 Å². The van der Waals surface area contributed by atoms with Gasteiger partial charge in [-0.25, -0.2) is 9.37 Å². The molecule has 0 saturated carbocycles. The highest BCUT2D eigenvalue weighted by molar-refractivity contribution is 9.10. The third-order valence-corrected chi connectivity index (χ3v) is 3.00. The summed E-state index contributed by atoms with van der Waals surface area (Å²) < 4.78 is 18.7. The predicted octanol–water partition coefficient (Wildman–Crippen LogP) is 3.62. The first-order chi connectivity index (χ1) is 7.25. The molecule has 0 amide bonds. The summed E-state index contributed by atoms with van der Waals surface area (Å²) >= 11 is 4.62. The van der Waals surface area contributed by atoms with Crippen molar-refractivity contribution in [2.45, 2.75) is 6.61 Å². The van der Waals surface area contributed by atoms with Crippen LogP contribution in [0.25, 0.3) is 0 Å². The second-order valence-corrected chi connectivity index (χ2v) is 4.42. The van der Waals surface area contributed by atoms with Crippen LogP contribution in [0.5, 0.6) is 5.75 Å². The fraction of sp³-hybridized carbons (Fsp3) is 0.100. The van der Waals surface area contributed by atoms with Gasteiger partial charge in [0.05, 0.1) is 15.7 Å². The van der Waals surface area contributed by atoms with Crippen LogP contribution in [0.4, 0.5) is 4.39 Å². The number of rotatable bonds is 3. The highest BCUT2D eigenvalue weighted by Crippen LogP contribution is 2.22. The molecule has 0 fully saturated rings. The van der Waals surface area contributed by atoms with Crippen molar-refractivity contribution in [2.24, 2.45) is 0 Å². The Bertz CT molecular complexity index is 447. The Morgan fingerprint density at radius 2 is 2.33 bits per heavy atom. The summed E-state index contributed by atoms with van der Waals surface area (Å²) in [6.07, 6.45) is 0. The Morgan fingerprint density at radius 3 is 3.00 bits per heavy atom. The molecule has 0 unspecified atom stereocenters. The molecular weight excluding hydrogens is 281 g/mol. The van der Waals surface area contributed by atoms with Gasteiger partial charge in [-0.05, 0) is 34.1 Å². The van der Waals surface area contributed by atoms with Gasteiger partial charge in [0.25, 0.3) is 0 Å². The molecule has 0 bridgehead atoms. The molecule has 1 heterocycles. The fourth-order valence-corrected chi connectivity index (χ4v) is 1.93. The molecule has 0 saturated heterocycles. The molecule has 5 heteroatoms. The normalized spacial score (nSPS) is 10.3. The molecular formula is C10H7BrFNOS. The van der Waals surface area contributed by atoms with E-state index in [4.69, 9.17) is 4.74 Å². The third-order valence-electron chi connectivity index (χ3n) is 1.76. The maximum atomic E-state index is 12.9. The Hall–Kier alpha value is -0.940. The molecule has 78 valence electrons. The topological polar surface area (TPSA) is 22.1 Å². The zero-order valence-electron chi connectivity index (χ0n) is 7.61. The van der Waals surface area contributed by atoms with Gasteiger partial charge in [-0.2, -0.15) is 0 Å². The van der Waals surface area contributed by atoms with E-state index in [-0.39, 0.29) is 5.82 Å². The summed E-state index contributed by atoms with van der Waals surface area (Å²) in [5.41, 5.74) is 2.62. The van der Waals surface area contributed by atoms with E-state index in [1.807, 2.05) is 5.38 Å². The van der Waals surface area contributed by atoms with E-state index in [9.17, 15) is 4.39 Å². The van der Waals surface area contributed by atoms with Crippen molar-refractivity contribution in [3.63, 3.8) is 0 Å². The van der Waals surface area contributed by atoms with Gasteiger partial charge in [0.1, 0.15) is 18.2 Å². The van der Waals surface area contributed by atoms with Crippen LogP contribution in [-0.2, 0) is 6.61 Å². The average Bonchev–Trinajstić information content (AvgIpc) is 2.73. The van der Waals surface area contributed by atoms with E-state index in [0.29, 0.717) is 16.8 Å². The summed E-state index contributed by atoms with van der Waals surface area (Å²) in [5, 5.41) is 1.92. The van der Waals surface area contributed by atoms with Crippen molar-refractivity contribution in [3.8, 4) is 5.75 Å². The standard InChI is InChI=1S/C10H7BrFNOS/c11-9-3-8(1-2-10(9)12)14-4-7-5-15-6-13-7/h1-3,5-6H,4H2. The van der Waals surface area contributed by atoms with Gasteiger partial charge in [0, 0.05) is 5.38 Å². The molecule has 0 aliphatic rings. The lowest BCUT2D eigenvalue weighted by molar-refractivity contribution is 0.301. The molecule has 0 radical (unpaired) electrons. The highest BCUT2D eigenvalue weighted by Gasteiger charge is 2.02. The number of benzene rings is 1. The lowest BCUT2D eigenvalue weighted by Gasteiger charge is -2.04. The second kappa shape index (κ2) is 4.72. The van der Waals surface area contributed by atoms with E-state index in [1.54, 1.807) is 17.6 Å². The van der Waals surface area contributed by atoms with Crippen LogP contribution >= 0.6 is 27.3 Å². The van der Waals surface area contributed by atoms with Crippen LogP contribution in [0.15, 0.2) is 33.6 Å². The number of ether oxygens (including phenoxy) is 1. The molecule has 0 spiro atoms. The van der Waals surface area contributed by atoms with Crippen LogP contribution in [0.1, 0.15) is 5.69 Å². The Kier molecular flexibility index (Phi) is 3.33. The van der Waals surface area contributed by atoms with Crippen molar-refractivity contribution in [1.29, 1.82) is 0 Å². The number of nitrogens with zero attached hydrogens (tertiary/aromatic N) is 1. The van der Waals surface area contributed by atoms with Crippen LogP contribution < -0.4 is 4.74 Å². The minimum absolute atomic E-state index is 0.295. The smallest absolute Gasteiger partial charge is 0.137 e. The maximum Gasteiger partial charge on any atom is 0.137 e. The van der Waals surface area contributed by atoms with Gasteiger partial charge in [-0.15, -0.1) is 11.3 Å². The number of halogens is 2. The van der Waals surface area contributed by atoms with E-state index in [0.717, 1.165) is 5.69 Å². The zero-order valence-corrected chi connectivity index (χ0v) is 10.0. The summed E-state index contributed by atoms with van der Waals surface area (Å²) in [5.74, 6) is 0.326. The minimum atomic E-state index is -0.295. The van der Waals surface area contributed by atoms with Crippen LogP contribution in [-0.4, -0.2) is 4.98 Å². The third kappa shape index (κ3) is 2.76. The Balaban J connectivity index is 2.02. The van der Waals surface area contributed by atoms with Crippen LogP contribution in [0.2, 0.25) is 0 Å². The molecule has 2 nitrogen and oxygen atoms in total. The molecule has 0 aliphatic heterocycles. The largest absolute Gasteiger partial charge is 0.487 e. The average molecular weight is 288 g/mol. The monoisotopic (exact) mass is 287 g/mol. The summed E-state index contributed by atoms with van der Waals surface area (Å²) in [7, 11) is 0. The molecule has 2 aromatic rings. The van der Waals surface area contributed by atoms with E-state index >= 15 is 0 Å². The summed E-state index contributed by atoms with van der Waals surface area (Å²) in [6.45, 7) is 0.404. The zero-order chi connectivity index (χ0) is 10.7. The van der Waals surface area contributed by atoms with Crippen molar-refractivity contribution < 1.29 is 9.13 Å². The molecule has 1 aromatic carbocycles. The first kappa shape index (κ1) is 10.6. The van der Waals surface area contributed by atoms with Crippen LogP contribution in [0.3, 0.4) is 0 Å². The van der Waals surface area contributed by atoms with Crippen molar-refractivity contribution in [3.05, 3.63) is 45.1 Å². The Labute approximate surface area is 98.9 Å². The first-order valence-corrected chi connectivity index (χ1v) is 5.94. The van der Waals surface area contributed by atoms with Gasteiger partial charge in [-0.3, -0.25) is 0 Å². The Morgan fingerprint density at radius 1 is 1.47 bits per heavy atom. The number of aromatic nitrogens is 1. The van der Waals surface area contributed by atoms with Gasteiger partial charge in [-0.1, -0.05) is 0 Å². The highest BCUT2D eigenvalue weighted by atomic mass is 79.9. The molecule has 0 N–H and O–H groups in total. The van der Waals surface area contributed by atoms with E-state index < -0.39 is 0 Å². The van der Waals surface area contributed by atoms with Gasteiger partial charge < -0.3 is 4.74 Å². The molecule has 0 atom stereocenters. The lowest BCUT2D eigenvalue weighted by Crippen LogP contribution is -1.95. The maximum absolute atomic E-state index is 12.9. The van der Waals surface area contributed by atoms with Crippen LogP contribution in [0, 0.1) is 5.82 Å². The van der Waals surface area contributed by atoms with E-state index in [2.05, 4.69) is 20.9 Å². The second-order valence-electron chi connectivity index (χ2n) is 2.84. The lowest BCUT2D eigenvalue weighted by atomic mass is 10.3. The minimum Gasteiger partial charge on any atom is -0.487 e.